The van der Waals surface area contributed by atoms with Gasteiger partial charge in [-0.2, -0.15) is 0 Å². The molecule has 6 nitrogen and oxygen atoms in total. The van der Waals surface area contributed by atoms with E-state index in [-0.39, 0.29) is 12.5 Å². The molecule has 0 radical (unpaired) electrons. The Morgan fingerprint density at radius 1 is 1.36 bits per heavy atom. The summed E-state index contributed by atoms with van der Waals surface area (Å²) in [7, 11) is 3.58. The summed E-state index contributed by atoms with van der Waals surface area (Å²) in [5.74, 6) is -0.303. The Hall–Kier alpha value is -2.37. The second-order valence-corrected chi connectivity index (χ2v) is 5.44. The molecule has 1 fully saturated rings. The zero-order valence-corrected chi connectivity index (χ0v) is 12.9. The summed E-state index contributed by atoms with van der Waals surface area (Å²) >= 11 is 0. The number of hydrogen-bond donors (Lipinski definition) is 0. The van der Waals surface area contributed by atoms with Crippen molar-refractivity contribution in [3.8, 4) is 0 Å². The van der Waals surface area contributed by atoms with E-state index in [1.807, 2.05) is 30.3 Å². The Kier molecular flexibility index (Phi) is 5.52. The lowest BCUT2D eigenvalue weighted by Gasteiger charge is -2.21. The number of carbonyl (C=O) groups excluding carboxylic acids is 2. The molecule has 1 aliphatic rings. The highest BCUT2D eigenvalue weighted by atomic mass is 16.6. The zero-order chi connectivity index (χ0) is 15.9. The van der Waals surface area contributed by atoms with Crippen LogP contribution >= 0.6 is 0 Å². The van der Waals surface area contributed by atoms with Gasteiger partial charge in [-0.05, 0) is 18.4 Å². The van der Waals surface area contributed by atoms with Crippen LogP contribution in [0, 0.1) is 0 Å². The van der Waals surface area contributed by atoms with Gasteiger partial charge in [0.1, 0.15) is 12.6 Å². The monoisotopic (exact) mass is 303 g/mol. The van der Waals surface area contributed by atoms with E-state index in [0.29, 0.717) is 13.0 Å². The number of nitrogens with zero attached hydrogens (tertiary/aromatic N) is 3. The van der Waals surface area contributed by atoms with Crippen molar-refractivity contribution in [3.63, 3.8) is 0 Å². The third-order valence-electron chi connectivity index (χ3n) is 3.39. The Morgan fingerprint density at radius 3 is 2.77 bits per heavy atom. The normalized spacial score (nSPS) is 17.7. The van der Waals surface area contributed by atoms with Crippen molar-refractivity contribution >= 4 is 18.3 Å². The maximum atomic E-state index is 12.2. The van der Waals surface area contributed by atoms with Crippen LogP contribution in [0.3, 0.4) is 0 Å². The highest BCUT2D eigenvalue weighted by molar-refractivity contribution is 5.91. The van der Waals surface area contributed by atoms with E-state index >= 15 is 0 Å². The van der Waals surface area contributed by atoms with Crippen LogP contribution in [0.2, 0.25) is 0 Å². The summed E-state index contributed by atoms with van der Waals surface area (Å²) in [5, 5.41) is 0. The molecule has 1 aliphatic heterocycles. The van der Waals surface area contributed by atoms with Gasteiger partial charge in [-0.3, -0.25) is 9.69 Å². The second kappa shape index (κ2) is 7.59. The van der Waals surface area contributed by atoms with Crippen molar-refractivity contribution in [1.29, 1.82) is 0 Å². The van der Waals surface area contributed by atoms with Crippen LogP contribution in [0.4, 0.5) is 4.79 Å². The summed E-state index contributed by atoms with van der Waals surface area (Å²) in [4.78, 5) is 31.3. The van der Waals surface area contributed by atoms with Crippen molar-refractivity contribution in [2.24, 2.45) is 4.99 Å². The molecule has 1 aromatic carbocycles. The van der Waals surface area contributed by atoms with E-state index < -0.39 is 12.1 Å². The molecule has 1 aromatic rings. The van der Waals surface area contributed by atoms with Gasteiger partial charge in [0.15, 0.2) is 0 Å². The predicted octanol–water partition coefficient (Wildman–Crippen LogP) is 1.90. The van der Waals surface area contributed by atoms with E-state index in [1.165, 1.54) is 11.2 Å². The molecule has 0 spiro atoms. The minimum Gasteiger partial charge on any atom is -0.445 e. The molecule has 1 heterocycles. The first-order valence-corrected chi connectivity index (χ1v) is 7.29. The molecule has 118 valence electrons. The van der Waals surface area contributed by atoms with Crippen molar-refractivity contribution in [2.75, 3.05) is 20.6 Å². The van der Waals surface area contributed by atoms with Crippen LogP contribution in [0.1, 0.15) is 18.4 Å². The molecule has 2 amide bonds. The second-order valence-electron chi connectivity index (χ2n) is 5.44. The number of ether oxygens (including phenoxy) is 1. The SMILES string of the molecule is CN(C)C=NC(=O)[C@H]1CCCN1C(=O)OCc1ccccc1. The Morgan fingerprint density at radius 2 is 2.09 bits per heavy atom. The summed E-state index contributed by atoms with van der Waals surface area (Å²) in [6, 6.07) is 8.95. The average Bonchev–Trinajstić information content (AvgIpc) is 3.01. The van der Waals surface area contributed by atoms with Gasteiger partial charge in [0.2, 0.25) is 0 Å². The van der Waals surface area contributed by atoms with Gasteiger partial charge in [-0.1, -0.05) is 30.3 Å². The molecule has 1 saturated heterocycles. The molecule has 1 atom stereocenters. The van der Waals surface area contributed by atoms with E-state index in [9.17, 15) is 9.59 Å². The van der Waals surface area contributed by atoms with Crippen LogP contribution < -0.4 is 0 Å². The number of aliphatic imine (C=N–C) groups is 1. The van der Waals surface area contributed by atoms with Crippen LogP contribution in [-0.4, -0.2) is 54.8 Å². The lowest BCUT2D eigenvalue weighted by Crippen LogP contribution is -2.40. The summed E-state index contributed by atoms with van der Waals surface area (Å²) < 4.78 is 5.29. The van der Waals surface area contributed by atoms with Gasteiger partial charge < -0.3 is 9.64 Å². The molecular weight excluding hydrogens is 282 g/mol. The van der Waals surface area contributed by atoms with Crippen molar-refractivity contribution in [2.45, 2.75) is 25.5 Å². The van der Waals surface area contributed by atoms with Crippen LogP contribution in [0.5, 0.6) is 0 Å². The first-order chi connectivity index (χ1) is 10.6. The number of hydrogen-bond acceptors (Lipinski definition) is 3. The highest BCUT2D eigenvalue weighted by Crippen LogP contribution is 2.20. The van der Waals surface area contributed by atoms with Gasteiger partial charge in [0, 0.05) is 20.6 Å². The molecule has 0 N–H and O–H groups in total. The van der Waals surface area contributed by atoms with Gasteiger partial charge in [-0.15, -0.1) is 0 Å². The maximum Gasteiger partial charge on any atom is 0.410 e. The minimum atomic E-state index is -0.514. The largest absolute Gasteiger partial charge is 0.445 e. The third kappa shape index (κ3) is 4.31. The molecular formula is C16H21N3O3. The number of benzene rings is 1. The van der Waals surface area contributed by atoms with Crippen LogP contribution in [0.15, 0.2) is 35.3 Å². The fourth-order valence-electron chi connectivity index (χ4n) is 2.30. The molecule has 22 heavy (non-hydrogen) atoms. The Bertz CT molecular complexity index is 543. The van der Waals surface area contributed by atoms with E-state index in [0.717, 1.165) is 12.0 Å². The van der Waals surface area contributed by atoms with Crippen LogP contribution in [-0.2, 0) is 16.1 Å². The topological polar surface area (TPSA) is 62.2 Å². The first kappa shape index (κ1) is 16.0. The molecule has 0 saturated carbocycles. The lowest BCUT2D eigenvalue weighted by atomic mass is 10.2. The molecule has 0 unspecified atom stereocenters. The highest BCUT2D eigenvalue weighted by Gasteiger charge is 2.34. The standard InChI is InChI=1S/C16H21N3O3/c1-18(2)12-17-15(20)14-9-6-10-19(14)16(21)22-11-13-7-4-3-5-8-13/h3-5,7-8,12,14H,6,9-11H2,1-2H3/t14-/m1/s1. The van der Waals surface area contributed by atoms with Crippen LogP contribution in [0.25, 0.3) is 0 Å². The van der Waals surface area contributed by atoms with Gasteiger partial charge in [0.05, 0.1) is 6.34 Å². The number of likely N-dealkylation sites (tertiary alicyclic amines) is 1. The smallest absolute Gasteiger partial charge is 0.410 e. The summed E-state index contributed by atoms with van der Waals surface area (Å²) in [6.07, 6.45) is 2.41. The quantitative estimate of drug-likeness (QED) is 0.629. The number of carbonyl (C=O) groups is 2. The fraction of sp³-hybridized carbons (Fsp3) is 0.438. The summed E-state index contributed by atoms with van der Waals surface area (Å²) in [5.41, 5.74) is 0.920. The predicted molar refractivity (Wildman–Crippen MR) is 83.5 cm³/mol. The first-order valence-electron chi connectivity index (χ1n) is 7.29. The zero-order valence-electron chi connectivity index (χ0n) is 12.9. The molecule has 6 heteroatoms. The fourth-order valence-corrected chi connectivity index (χ4v) is 2.30. The molecule has 0 aromatic heterocycles. The molecule has 0 aliphatic carbocycles. The number of rotatable bonds is 4. The van der Waals surface area contributed by atoms with Crippen molar-refractivity contribution in [3.05, 3.63) is 35.9 Å². The Balaban J connectivity index is 1.92. The Labute approximate surface area is 130 Å². The third-order valence-corrected chi connectivity index (χ3v) is 3.39. The lowest BCUT2D eigenvalue weighted by molar-refractivity contribution is -0.121. The maximum absolute atomic E-state index is 12.2. The van der Waals surface area contributed by atoms with Gasteiger partial charge in [0.25, 0.3) is 5.91 Å². The average molecular weight is 303 g/mol. The minimum absolute atomic E-state index is 0.206. The van der Waals surface area contributed by atoms with E-state index in [1.54, 1.807) is 19.0 Å². The summed E-state index contributed by atoms with van der Waals surface area (Å²) in [6.45, 7) is 0.736. The van der Waals surface area contributed by atoms with E-state index in [2.05, 4.69) is 4.99 Å². The van der Waals surface area contributed by atoms with Gasteiger partial charge >= 0.3 is 6.09 Å². The number of amides is 2. The van der Waals surface area contributed by atoms with Crippen molar-refractivity contribution in [1.82, 2.24) is 9.80 Å². The van der Waals surface area contributed by atoms with Crippen molar-refractivity contribution < 1.29 is 14.3 Å². The molecule has 0 bridgehead atoms. The van der Waals surface area contributed by atoms with Gasteiger partial charge in [-0.25, -0.2) is 9.79 Å². The molecule has 2 rings (SSSR count). The van der Waals surface area contributed by atoms with E-state index in [4.69, 9.17) is 4.74 Å².